The summed E-state index contributed by atoms with van der Waals surface area (Å²) >= 11 is 0. The van der Waals surface area contributed by atoms with Crippen molar-refractivity contribution in [3.63, 3.8) is 0 Å². The molecule has 0 unspecified atom stereocenters. The van der Waals surface area contributed by atoms with Crippen molar-refractivity contribution in [2.24, 2.45) is 0 Å². The number of nitrogens with one attached hydrogen (secondary N) is 1. The molecule has 0 bridgehead atoms. The van der Waals surface area contributed by atoms with E-state index in [0.717, 1.165) is 38.3 Å². The van der Waals surface area contributed by atoms with E-state index in [4.69, 9.17) is 4.42 Å². The Morgan fingerprint density at radius 3 is 2.63 bits per heavy atom. The minimum absolute atomic E-state index is 0.239. The molecular formula is C12H12F3N3O. The third-order valence-corrected chi connectivity index (χ3v) is 3.09. The summed E-state index contributed by atoms with van der Waals surface area (Å²) in [5.74, 6) is 0. The Bertz CT molecular complexity index is 587. The van der Waals surface area contributed by atoms with Crippen molar-refractivity contribution in [2.75, 3.05) is 31.1 Å². The predicted molar refractivity (Wildman–Crippen MR) is 64.1 cm³/mol. The zero-order valence-corrected chi connectivity index (χ0v) is 10.00. The van der Waals surface area contributed by atoms with E-state index in [1.165, 1.54) is 6.07 Å². The Kier molecular flexibility index (Phi) is 2.85. The molecule has 1 N–H and O–H groups in total. The van der Waals surface area contributed by atoms with Crippen molar-refractivity contribution in [1.82, 2.24) is 10.3 Å². The fourth-order valence-electron chi connectivity index (χ4n) is 2.08. The minimum Gasteiger partial charge on any atom is -0.423 e. The zero-order chi connectivity index (χ0) is 13.5. The molecule has 1 aromatic heterocycles. The Hall–Kier alpha value is -1.76. The second-order valence-electron chi connectivity index (χ2n) is 4.41. The number of benzene rings is 1. The molecular weight excluding hydrogens is 259 g/mol. The van der Waals surface area contributed by atoms with Gasteiger partial charge in [-0.3, -0.25) is 0 Å². The summed E-state index contributed by atoms with van der Waals surface area (Å²) in [6.45, 7) is 3.09. The Morgan fingerprint density at radius 1 is 1.21 bits per heavy atom. The maximum Gasteiger partial charge on any atom is 0.416 e. The standard InChI is InChI=1S/C12H12F3N3O/c13-12(14,15)8-1-2-10-9(7-8)17-11(19-10)18-5-3-16-4-6-18/h1-2,7,16H,3-6H2. The summed E-state index contributed by atoms with van der Waals surface area (Å²) in [6.07, 6.45) is -4.36. The van der Waals surface area contributed by atoms with E-state index in [9.17, 15) is 13.2 Å². The van der Waals surface area contributed by atoms with Gasteiger partial charge in [0.15, 0.2) is 5.58 Å². The molecule has 0 saturated carbocycles. The molecule has 19 heavy (non-hydrogen) atoms. The molecule has 1 fully saturated rings. The van der Waals surface area contributed by atoms with Crippen LogP contribution in [-0.4, -0.2) is 31.2 Å². The largest absolute Gasteiger partial charge is 0.423 e. The topological polar surface area (TPSA) is 41.3 Å². The molecule has 3 rings (SSSR count). The number of aromatic nitrogens is 1. The summed E-state index contributed by atoms with van der Waals surface area (Å²) < 4.78 is 43.3. The molecule has 0 radical (unpaired) electrons. The van der Waals surface area contributed by atoms with E-state index >= 15 is 0 Å². The van der Waals surface area contributed by atoms with Crippen LogP contribution in [0.2, 0.25) is 0 Å². The highest BCUT2D eigenvalue weighted by Gasteiger charge is 2.31. The van der Waals surface area contributed by atoms with Gasteiger partial charge in [0.1, 0.15) is 5.52 Å². The Labute approximate surface area is 107 Å². The van der Waals surface area contributed by atoms with Crippen molar-refractivity contribution in [3.05, 3.63) is 23.8 Å². The molecule has 0 atom stereocenters. The first-order valence-electron chi connectivity index (χ1n) is 5.97. The first-order chi connectivity index (χ1) is 9.04. The Balaban J connectivity index is 1.96. The van der Waals surface area contributed by atoms with E-state index in [1.807, 2.05) is 4.90 Å². The SMILES string of the molecule is FC(F)(F)c1ccc2oc(N3CCNCC3)nc2c1. The molecule has 0 aliphatic carbocycles. The normalized spacial score (nSPS) is 17.1. The number of nitrogens with zero attached hydrogens (tertiary/aromatic N) is 2. The summed E-state index contributed by atoms with van der Waals surface area (Å²) in [5.41, 5.74) is -0.0925. The van der Waals surface area contributed by atoms with E-state index in [2.05, 4.69) is 10.3 Å². The lowest BCUT2D eigenvalue weighted by molar-refractivity contribution is -0.137. The van der Waals surface area contributed by atoms with Gasteiger partial charge in [0.05, 0.1) is 5.56 Å². The van der Waals surface area contributed by atoms with Crippen LogP contribution in [0.25, 0.3) is 11.1 Å². The molecule has 1 aromatic carbocycles. The van der Waals surface area contributed by atoms with Gasteiger partial charge in [0, 0.05) is 26.2 Å². The number of alkyl halides is 3. The van der Waals surface area contributed by atoms with Gasteiger partial charge in [-0.25, -0.2) is 0 Å². The molecule has 4 nitrogen and oxygen atoms in total. The maximum absolute atomic E-state index is 12.6. The summed E-state index contributed by atoms with van der Waals surface area (Å²) in [4.78, 5) is 6.06. The Morgan fingerprint density at radius 2 is 1.95 bits per heavy atom. The fourth-order valence-corrected chi connectivity index (χ4v) is 2.08. The van der Waals surface area contributed by atoms with Crippen molar-refractivity contribution >= 4 is 17.1 Å². The van der Waals surface area contributed by atoms with Crippen LogP contribution in [0.1, 0.15) is 5.56 Å². The van der Waals surface area contributed by atoms with Gasteiger partial charge >= 0.3 is 6.18 Å². The van der Waals surface area contributed by atoms with Gasteiger partial charge < -0.3 is 14.6 Å². The van der Waals surface area contributed by atoms with Crippen LogP contribution in [0.15, 0.2) is 22.6 Å². The van der Waals surface area contributed by atoms with Gasteiger partial charge in [-0.1, -0.05) is 0 Å². The average molecular weight is 271 g/mol. The lowest BCUT2D eigenvalue weighted by atomic mass is 10.2. The highest BCUT2D eigenvalue weighted by atomic mass is 19.4. The predicted octanol–water partition coefficient (Wildman–Crippen LogP) is 2.26. The molecule has 0 spiro atoms. The fraction of sp³-hybridized carbons (Fsp3) is 0.417. The van der Waals surface area contributed by atoms with E-state index in [0.29, 0.717) is 11.6 Å². The number of piperazine rings is 1. The number of fused-ring (bicyclic) bond motifs is 1. The number of oxazole rings is 1. The van der Waals surface area contributed by atoms with Gasteiger partial charge in [-0.2, -0.15) is 18.2 Å². The van der Waals surface area contributed by atoms with Crippen molar-refractivity contribution < 1.29 is 17.6 Å². The van der Waals surface area contributed by atoms with E-state index < -0.39 is 11.7 Å². The van der Waals surface area contributed by atoms with Crippen LogP contribution in [0, 0.1) is 0 Å². The van der Waals surface area contributed by atoms with Crippen LogP contribution in [-0.2, 0) is 6.18 Å². The number of hydrogen-bond donors (Lipinski definition) is 1. The lowest BCUT2D eigenvalue weighted by Gasteiger charge is -2.25. The molecule has 1 aliphatic rings. The maximum atomic E-state index is 12.6. The van der Waals surface area contributed by atoms with Crippen molar-refractivity contribution in [2.45, 2.75) is 6.18 Å². The van der Waals surface area contributed by atoms with Crippen LogP contribution >= 0.6 is 0 Å². The number of anilines is 1. The minimum atomic E-state index is -4.36. The molecule has 1 saturated heterocycles. The van der Waals surface area contributed by atoms with Gasteiger partial charge in [-0.05, 0) is 18.2 Å². The molecule has 7 heteroatoms. The average Bonchev–Trinajstić information content (AvgIpc) is 2.81. The van der Waals surface area contributed by atoms with E-state index in [1.54, 1.807) is 0 Å². The molecule has 2 aromatic rings. The lowest BCUT2D eigenvalue weighted by Crippen LogP contribution is -2.43. The first kappa shape index (κ1) is 12.3. The smallest absolute Gasteiger partial charge is 0.416 e. The number of hydrogen-bond acceptors (Lipinski definition) is 4. The second kappa shape index (κ2) is 4.41. The van der Waals surface area contributed by atoms with Crippen LogP contribution < -0.4 is 10.2 Å². The van der Waals surface area contributed by atoms with Crippen LogP contribution in [0.3, 0.4) is 0 Å². The monoisotopic (exact) mass is 271 g/mol. The van der Waals surface area contributed by atoms with Crippen LogP contribution in [0.4, 0.5) is 19.2 Å². The number of halogens is 3. The van der Waals surface area contributed by atoms with E-state index in [-0.39, 0.29) is 5.52 Å². The quantitative estimate of drug-likeness (QED) is 0.863. The summed E-state index contributed by atoms with van der Waals surface area (Å²) in [5, 5.41) is 3.19. The third kappa shape index (κ3) is 2.37. The molecule has 102 valence electrons. The molecule has 2 heterocycles. The zero-order valence-electron chi connectivity index (χ0n) is 10.00. The highest BCUT2D eigenvalue weighted by molar-refractivity contribution is 5.75. The molecule has 1 aliphatic heterocycles. The second-order valence-corrected chi connectivity index (χ2v) is 4.41. The van der Waals surface area contributed by atoms with Crippen LogP contribution in [0.5, 0.6) is 0 Å². The van der Waals surface area contributed by atoms with Crippen molar-refractivity contribution in [3.8, 4) is 0 Å². The highest BCUT2D eigenvalue weighted by Crippen LogP contribution is 2.32. The summed E-state index contributed by atoms with van der Waals surface area (Å²) in [7, 11) is 0. The summed E-state index contributed by atoms with van der Waals surface area (Å²) in [6, 6.07) is 3.73. The van der Waals surface area contributed by atoms with Crippen molar-refractivity contribution in [1.29, 1.82) is 0 Å². The van der Waals surface area contributed by atoms with Gasteiger partial charge in [-0.15, -0.1) is 0 Å². The van der Waals surface area contributed by atoms with Gasteiger partial charge in [0.25, 0.3) is 6.01 Å². The molecule has 0 amide bonds. The van der Waals surface area contributed by atoms with Gasteiger partial charge in [0.2, 0.25) is 0 Å². The third-order valence-electron chi connectivity index (χ3n) is 3.09. The number of rotatable bonds is 1. The first-order valence-corrected chi connectivity index (χ1v) is 5.97.